The first-order valence-corrected chi connectivity index (χ1v) is 6.13. The van der Waals surface area contributed by atoms with Crippen molar-refractivity contribution in [2.24, 2.45) is 11.1 Å². The Balaban J connectivity index is 1.81. The van der Waals surface area contributed by atoms with Crippen LogP contribution in [0, 0.1) is 5.41 Å². The van der Waals surface area contributed by atoms with Gasteiger partial charge in [-0.3, -0.25) is 0 Å². The lowest BCUT2D eigenvalue weighted by Crippen LogP contribution is -2.19. The van der Waals surface area contributed by atoms with Gasteiger partial charge in [0.15, 0.2) is 0 Å². The van der Waals surface area contributed by atoms with E-state index in [4.69, 9.17) is 5.73 Å². The Labute approximate surface area is 98.2 Å². The largest absolute Gasteiger partial charge is 0.330 e. The van der Waals surface area contributed by atoms with Gasteiger partial charge in [-0.2, -0.15) is 0 Å². The van der Waals surface area contributed by atoms with Crippen molar-refractivity contribution in [3.63, 3.8) is 0 Å². The summed E-state index contributed by atoms with van der Waals surface area (Å²) >= 11 is 0. The Morgan fingerprint density at radius 1 is 1.25 bits per heavy atom. The molecule has 2 heteroatoms. The molecule has 1 aromatic carbocycles. The zero-order valence-corrected chi connectivity index (χ0v) is 10.3. The minimum Gasteiger partial charge on any atom is -0.330 e. The molecule has 1 aliphatic rings. The molecule has 0 heterocycles. The molecular weight excluding hydrogens is 196 g/mol. The zero-order chi connectivity index (χ0) is 11.6. The van der Waals surface area contributed by atoms with Crippen molar-refractivity contribution < 1.29 is 0 Å². The van der Waals surface area contributed by atoms with Crippen molar-refractivity contribution in [2.75, 3.05) is 6.54 Å². The lowest BCUT2D eigenvalue weighted by atomic mass is 10.1. The maximum atomic E-state index is 5.52. The van der Waals surface area contributed by atoms with Gasteiger partial charge in [0.25, 0.3) is 0 Å². The molecule has 0 spiro atoms. The van der Waals surface area contributed by atoms with Crippen LogP contribution in [0.5, 0.6) is 0 Å². The molecule has 88 valence electrons. The van der Waals surface area contributed by atoms with Crippen molar-refractivity contribution in [1.82, 2.24) is 5.32 Å². The molecule has 1 fully saturated rings. The molecule has 1 atom stereocenters. The van der Waals surface area contributed by atoms with Gasteiger partial charge in [-0.25, -0.2) is 0 Å². The number of hydrogen-bond acceptors (Lipinski definition) is 2. The second-order valence-corrected chi connectivity index (χ2v) is 5.48. The third kappa shape index (κ3) is 2.83. The van der Waals surface area contributed by atoms with E-state index in [1.54, 1.807) is 0 Å². The Morgan fingerprint density at radius 3 is 2.31 bits per heavy atom. The highest BCUT2D eigenvalue weighted by Gasteiger charge is 2.44. The highest BCUT2D eigenvalue weighted by molar-refractivity contribution is 5.23. The second kappa shape index (κ2) is 4.56. The van der Waals surface area contributed by atoms with Gasteiger partial charge in [0.1, 0.15) is 0 Å². The van der Waals surface area contributed by atoms with Crippen molar-refractivity contribution in [1.29, 1.82) is 0 Å². The Bertz CT molecular complexity index is 340. The standard InChI is InChI=1S/C14H22N2/c1-14(2)9-13(14)16-10-12-5-3-11(4-6-12)7-8-15/h3-6,13,16H,7-10,15H2,1-2H3. The lowest BCUT2D eigenvalue weighted by molar-refractivity contribution is 0.542. The molecular formula is C14H22N2. The molecule has 1 aromatic rings. The maximum absolute atomic E-state index is 5.52. The lowest BCUT2D eigenvalue weighted by Gasteiger charge is -2.07. The summed E-state index contributed by atoms with van der Waals surface area (Å²) in [6, 6.07) is 9.47. The van der Waals surface area contributed by atoms with E-state index in [9.17, 15) is 0 Å². The van der Waals surface area contributed by atoms with E-state index in [0.717, 1.165) is 19.5 Å². The van der Waals surface area contributed by atoms with Gasteiger partial charge in [-0.15, -0.1) is 0 Å². The second-order valence-electron chi connectivity index (χ2n) is 5.48. The molecule has 2 rings (SSSR count). The summed E-state index contributed by atoms with van der Waals surface area (Å²) in [5.74, 6) is 0. The molecule has 0 amide bonds. The summed E-state index contributed by atoms with van der Waals surface area (Å²) in [6.45, 7) is 6.34. The molecule has 0 radical (unpaired) electrons. The first-order valence-electron chi connectivity index (χ1n) is 6.13. The first kappa shape index (κ1) is 11.6. The molecule has 0 aliphatic heterocycles. The Morgan fingerprint density at radius 2 is 1.81 bits per heavy atom. The molecule has 1 aliphatic carbocycles. The van der Waals surface area contributed by atoms with Crippen molar-refractivity contribution in [3.05, 3.63) is 35.4 Å². The van der Waals surface area contributed by atoms with E-state index in [0.29, 0.717) is 11.5 Å². The third-order valence-corrected chi connectivity index (χ3v) is 3.52. The fourth-order valence-electron chi connectivity index (χ4n) is 2.05. The van der Waals surface area contributed by atoms with Crippen LogP contribution in [0.1, 0.15) is 31.4 Å². The molecule has 2 nitrogen and oxygen atoms in total. The van der Waals surface area contributed by atoms with Gasteiger partial charge >= 0.3 is 0 Å². The smallest absolute Gasteiger partial charge is 0.0208 e. The normalized spacial score (nSPS) is 22.1. The minimum atomic E-state index is 0.513. The van der Waals surface area contributed by atoms with Crippen LogP contribution in [0.2, 0.25) is 0 Å². The quantitative estimate of drug-likeness (QED) is 0.794. The number of nitrogens with two attached hydrogens (primary N) is 1. The van der Waals surface area contributed by atoms with E-state index in [1.165, 1.54) is 17.5 Å². The van der Waals surface area contributed by atoms with Crippen LogP contribution in [-0.4, -0.2) is 12.6 Å². The van der Waals surface area contributed by atoms with Crippen LogP contribution in [0.3, 0.4) is 0 Å². The van der Waals surface area contributed by atoms with Gasteiger partial charge in [0.05, 0.1) is 0 Å². The van der Waals surface area contributed by atoms with Gasteiger partial charge in [0.2, 0.25) is 0 Å². The Hall–Kier alpha value is -0.860. The summed E-state index contributed by atoms with van der Waals surface area (Å²) in [5, 5.41) is 3.59. The highest BCUT2D eigenvalue weighted by atomic mass is 15.0. The molecule has 1 unspecified atom stereocenters. The number of rotatable bonds is 5. The number of benzene rings is 1. The van der Waals surface area contributed by atoms with Crippen molar-refractivity contribution in [2.45, 2.75) is 39.3 Å². The monoisotopic (exact) mass is 218 g/mol. The van der Waals surface area contributed by atoms with Crippen LogP contribution in [0.15, 0.2) is 24.3 Å². The predicted molar refractivity (Wildman–Crippen MR) is 68.2 cm³/mol. The van der Waals surface area contributed by atoms with Gasteiger partial charge < -0.3 is 11.1 Å². The van der Waals surface area contributed by atoms with Crippen LogP contribution in [-0.2, 0) is 13.0 Å². The summed E-state index contributed by atoms with van der Waals surface area (Å²) < 4.78 is 0. The average molecular weight is 218 g/mol. The molecule has 0 aromatic heterocycles. The SMILES string of the molecule is CC1(C)CC1NCc1ccc(CCN)cc1. The topological polar surface area (TPSA) is 38.0 Å². The van der Waals surface area contributed by atoms with Crippen LogP contribution < -0.4 is 11.1 Å². The van der Waals surface area contributed by atoms with E-state index in [2.05, 4.69) is 43.4 Å². The van der Waals surface area contributed by atoms with E-state index >= 15 is 0 Å². The minimum absolute atomic E-state index is 0.513. The highest BCUT2D eigenvalue weighted by Crippen LogP contribution is 2.44. The first-order chi connectivity index (χ1) is 7.62. The van der Waals surface area contributed by atoms with Gasteiger partial charge in [-0.1, -0.05) is 38.1 Å². The fourth-order valence-corrected chi connectivity index (χ4v) is 2.05. The van der Waals surface area contributed by atoms with E-state index < -0.39 is 0 Å². The molecule has 3 N–H and O–H groups in total. The fraction of sp³-hybridized carbons (Fsp3) is 0.571. The molecule has 1 saturated carbocycles. The summed E-state index contributed by atoms with van der Waals surface area (Å²) in [4.78, 5) is 0. The average Bonchev–Trinajstić information content (AvgIpc) is 2.86. The summed E-state index contributed by atoms with van der Waals surface area (Å²) in [6.07, 6.45) is 2.28. The number of hydrogen-bond donors (Lipinski definition) is 2. The molecule has 0 saturated heterocycles. The number of nitrogens with one attached hydrogen (secondary N) is 1. The van der Waals surface area contributed by atoms with E-state index in [1.807, 2.05) is 0 Å². The van der Waals surface area contributed by atoms with Crippen LogP contribution in [0.25, 0.3) is 0 Å². The third-order valence-electron chi connectivity index (χ3n) is 3.52. The van der Waals surface area contributed by atoms with Crippen molar-refractivity contribution >= 4 is 0 Å². The summed E-state index contributed by atoms with van der Waals surface area (Å²) in [7, 11) is 0. The van der Waals surface area contributed by atoms with E-state index in [-0.39, 0.29) is 0 Å². The van der Waals surface area contributed by atoms with Crippen LogP contribution in [0.4, 0.5) is 0 Å². The van der Waals surface area contributed by atoms with Crippen molar-refractivity contribution in [3.8, 4) is 0 Å². The zero-order valence-electron chi connectivity index (χ0n) is 10.3. The Kier molecular flexibility index (Phi) is 3.31. The van der Waals surface area contributed by atoms with Gasteiger partial charge in [0, 0.05) is 12.6 Å². The molecule has 16 heavy (non-hydrogen) atoms. The predicted octanol–water partition coefficient (Wildman–Crippen LogP) is 2.08. The van der Waals surface area contributed by atoms with Crippen LogP contribution >= 0.6 is 0 Å². The maximum Gasteiger partial charge on any atom is 0.0208 e. The summed E-state index contributed by atoms with van der Waals surface area (Å²) in [5.41, 5.74) is 8.73. The van der Waals surface area contributed by atoms with Gasteiger partial charge in [-0.05, 0) is 35.9 Å². The molecule has 0 bridgehead atoms.